The topological polar surface area (TPSA) is 70.2 Å². The smallest absolute Gasteiger partial charge is 0.228 e. The fourth-order valence-corrected chi connectivity index (χ4v) is 3.63. The number of benzene rings is 2. The van der Waals surface area contributed by atoms with E-state index in [1.54, 1.807) is 12.1 Å². The summed E-state index contributed by atoms with van der Waals surface area (Å²) in [7, 11) is 0. The maximum absolute atomic E-state index is 13.0. The van der Waals surface area contributed by atoms with Gasteiger partial charge in [-0.05, 0) is 68.1 Å². The molecule has 1 amide bonds. The first kappa shape index (κ1) is 20.8. The summed E-state index contributed by atoms with van der Waals surface area (Å²) < 4.78 is 13.0. The van der Waals surface area contributed by atoms with E-state index in [-0.39, 0.29) is 18.1 Å². The van der Waals surface area contributed by atoms with E-state index in [9.17, 15) is 9.18 Å². The van der Waals surface area contributed by atoms with Gasteiger partial charge in [0.1, 0.15) is 11.6 Å². The van der Waals surface area contributed by atoms with E-state index in [0.29, 0.717) is 5.69 Å². The van der Waals surface area contributed by atoms with E-state index in [0.717, 1.165) is 41.8 Å². The van der Waals surface area contributed by atoms with E-state index in [1.165, 1.54) is 31.4 Å². The molecule has 0 saturated carbocycles. The monoisotopic (exact) mass is 419 g/mol. The molecule has 2 N–H and O–H groups in total. The lowest BCUT2D eigenvalue weighted by Crippen LogP contribution is -2.31. The minimum atomic E-state index is -0.311. The average Bonchev–Trinajstić information content (AvgIpc) is 2.77. The van der Waals surface area contributed by atoms with Gasteiger partial charge in [0.2, 0.25) is 11.9 Å². The number of anilines is 4. The van der Waals surface area contributed by atoms with E-state index in [4.69, 9.17) is 0 Å². The predicted octanol–water partition coefficient (Wildman–Crippen LogP) is 4.84. The quantitative estimate of drug-likeness (QED) is 0.598. The summed E-state index contributed by atoms with van der Waals surface area (Å²) in [6.45, 7) is 3.96. The van der Waals surface area contributed by atoms with E-state index < -0.39 is 0 Å². The van der Waals surface area contributed by atoms with Crippen LogP contribution >= 0.6 is 0 Å². The number of nitrogens with zero attached hydrogens (tertiary/aromatic N) is 3. The number of amides is 1. The van der Waals surface area contributed by atoms with Crippen molar-refractivity contribution in [1.29, 1.82) is 0 Å². The maximum Gasteiger partial charge on any atom is 0.228 e. The zero-order chi connectivity index (χ0) is 21.6. The Morgan fingerprint density at radius 1 is 0.968 bits per heavy atom. The molecule has 0 radical (unpaired) electrons. The van der Waals surface area contributed by atoms with Crippen molar-refractivity contribution < 1.29 is 9.18 Å². The molecule has 160 valence electrons. The second-order valence-electron chi connectivity index (χ2n) is 7.80. The number of aromatic nitrogens is 2. The number of nitrogens with one attached hydrogen (secondary N) is 2. The molecule has 31 heavy (non-hydrogen) atoms. The third kappa shape index (κ3) is 5.78. The standard InChI is InChI=1S/C24H26FN5O/c1-17-15-22(29-24(26-17)30-13-3-2-4-14-30)27-20-9-11-21(12-10-20)28-23(31)16-18-5-7-19(25)8-6-18/h5-12,15H,2-4,13-14,16H2,1H3,(H,28,31)(H,26,27,29). The summed E-state index contributed by atoms with van der Waals surface area (Å²) >= 11 is 0. The van der Waals surface area contributed by atoms with Crippen molar-refractivity contribution >= 4 is 29.0 Å². The van der Waals surface area contributed by atoms with Gasteiger partial charge in [-0.3, -0.25) is 4.79 Å². The lowest BCUT2D eigenvalue weighted by atomic mass is 10.1. The minimum Gasteiger partial charge on any atom is -0.341 e. The minimum absolute atomic E-state index is 0.148. The van der Waals surface area contributed by atoms with E-state index >= 15 is 0 Å². The number of piperidine rings is 1. The van der Waals surface area contributed by atoms with Gasteiger partial charge in [-0.15, -0.1) is 0 Å². The Morgan fingerprint density at radius 2 is 1.65 bits per heavy atom. The molecule has 7 heteroatoms. The molecule has 1 aliphatic heterocycles. The first-order chi connectivity index (χ1) is 15.0. The first-order valence-electron chi connectivity index (χ1n) is 10.6. The fourth-order valence-electron chi connectivity index (χ4n) is 3.63. The molecule has 0 spiro atoms. The summed E-state index contributed by atoms with van der Waals surface area (Å²) in [5.41, 5.74) is 3.26. The molecule has 6 nitrogen and oxygen atoms in total. The van der Waals surface area contributed by atoms with Gasteiger partial charge >= 0.3 is 0 Å². The maximum atomic E-state index is 13.0. The van der Waals surface area contributed by atoms with Crippen molar-refractivity contribution in [3.8, 4) is 0 Å². The Kier molecular flexibility index (Phi) is 6.40. The molecule has 1 aliphatic rings. The zero-order valence-electron chi connectivity index (χ0n) is 17.6. The number of carbonyl (C=O) groups is 1. The number of rotatable bonds is 6. The van der Waals surface area contributed by atoms with Gasteiger partial charge in [0.05, 0.1) is 6.42 Å². The molecule has 0 aliphatic carbocycles. The van der Waals surface area contributed by atoms with Gasteiger partial charge in [-0.2, -0.15) is 4.98 Å². The molecule has 4 rings (SSSR count). The highest BCUT2D eigenvalue weighted by molar-refractivity contribution is 5.92. The van der Waals surface area contributed by atoms with Crippen LogP contribution in [0.3, 0.4) is 0 Å². The second kappa shape index (κ2) is 9.55. The Labute approximate surface area is 181 Å². The molecular weight excluding hydrogens is 393 g/mol. The van der Waals surface area contributed by atoms with Gasteiger partial charge in [0.25, 0.3) is 0 Å². The summed E-state index contributed by atoms with van der Waals surface area (Å²) in [6, 6.07) is 15.3. The highest BCUT2D eigenvalue weighted by Gasteiger charge is 2.14. The molecule has 2 aromatic carbocycles. The Balaban J connectivity index is 1.37. The van der Waals surface area contributed by atoms with Crippen LogP contribution in [0.5, 0.6) is 0 Å². The van der Waals surface area contributed by atoms with Gasteiger partial charge in [0.15, 0.2) is 0 Å². The molecule has 1 fully saturated rings. The molecule has 1 saturated heterocycles. The molecule has 0 atom stereocenters. The van der Waals surface area contributed by atoms with Crippen molar-refractivity contribution in [2.24, 2.45) is 0 Å². The lowest BCUT2D eigenvalue weighted by molar-refractivity contribution is -0.115. The second-order valence-corrected chi connectivity index (χ2v) is 7.80. The van der Waals surface area contributed by atoms with Crippen LogP contribution in [0.15, 0.2) is 54.6 Å². The van der Waals surface area contributed by atoms with Crippen molar-refractivity contribution in [2.45, 2.75) is 32.6 Å². The molecule has 0 unspecified atom stereocenters. The first-order valence-corrected chi connectivity index (χ1v) is 10.6. The van der Waals surface area contributed by atoms with Crippen molar-refractivity contribution in [3.63, 3.8) is 0 Å². The number of hydrogen-bond acceptors (Lipinski definition) is 5. The Morgan fingerprint density at radius 3 is 2.35 bits per heavy atom. The zero-order valence-corrected chi connectivity index (χ0v) is 17.6. The van der Waals surface area contributed by atoms with Crippen LogP contribution in [-0.4, -0.2) is 29.0 Å². The van der Waals surface area contributed by atoms with Crippen LogP contribution in [0.1, 0.15) is 30.5 Å². The van der Waals surface area contributed by atoms with Crippen LogP contribution in [0, 0.1) is 12.7 Å². The van der Waals surface area contributed by atoms with Gasteiger partial charge in [-0.25, -0.2) is 9.37 Å². The summed E-state index contributed by atoms with van der Waals surface area (Å²) in [5, 5.41) is 6.19. The van der Waals surface area contributed by atoms with Gasteiger partial charge in [-0.1, -0.05) is 12.1 Å². The fraction of sp³-hybridized carbons (Fsp3) is 0.292. The number of aryl methyl sites for hydroxylation is 1. The molecule has 1 aromatic heterocycles. The third-order valence-electron chi connectivity index (χ3n) is 5.20. The average molecular weight is 420 g/mol. The molecule has 2 heterocycles. The third-order valence-corrected chi connectivity index (χ3v) is 5.20. The van der Waals surface area contributed by atoms with Crippen LogP contribution in [0.25, 0.3) is 0 Å². The van der Waals surface area contributed by atoms with Crippen molar-refractivity contribution in [3.05, 3.63) is 71.7 Å². The SMILES string of the molecule is Cc1cc(Nc2ccc(NC(=O)Cc3ccc(F)cc3)cc2)nc(N2CCCCC2)n1. The number of halogens is 1. The number of hydrogen-bond donors (Lipinski definition) is 2. The highest BCUT2D eigenvalue weighted by atomic mass is 19.1. The van der Waals surface area contributed by atoms with E-state index in [2.05, 4.69) is 25.5 Å². The summed E-state index contributed by atoms with van der Waals surface area (Å²) in [6.07, 6.45) is 3.81. The van der Waals surface area contributed by atoms with Crippen LogP contribution < -0.4 is 15.5 Å². The van der Waals surface area contributed by atoms with Crippen LogP contribution in [0.4, 0.5) is 27.5 Å². The summed E-state index contributed by atoms with van der Waals surface area (Å²) in [5.74, 6) is 1.06. The number of carbonyl (C=O) groups excluding carboxylic acids is 1. The largest absolute Gasteiger partial charge is 0.341 e. The Bertz CT molecular complexity index is 1030. The van der Waals surface area contributed by atoms with Gasteiger partial charge < -0.3 is 15.5 Å². The molecule has 3 aromatic rings. The highest BCUT2D eigenvalue weighted by Crippen LogP contribution is 2.22. The van der Waals surface area contributed by atoms with Crippen molar-refractivity contribution in [2.75, 3.05) is 28.6 Å². The van der Waals surface area contributed by atoms with E-state index in [1.807, 2.05) is 37.3 Å². The summed E-state index contributed by atoms with van der Waals surface area (Å²) in [4.78, 5) is 23.7. The normalized spacial score (nSPS) is 13.7. The molecule has 0 bridgehead atoms. The molecular formula is C24H26FN5O. The predicted molar refractivity (Wildman–Crippen MR) is 121 cm³/mol. The Hall–Kier alpha value is -3.48. The van der Waals surface area contributed by atoms with Gasteiger partial charge in [0, 0.05) is 36.2 Å². The van der Waals surface area contributed by atoms with Crippen LogP contribution in [0.2, 0.25) is 0 Å². The van der Waals surface area contributed by atoms with Crippen LogP contribution in [-0.2, 0) is 11.2 Å². The lowest BCUT2D eigenvalue weighted by Gasteiger charge is -2.27. The van der Waals surface area contributed by atoms with Crippen molar-refractivity contribution in [1.82, 2.24) is 9.97 Å².